The predicted octanol–water partition coefficient (Wildman–Crippen LogP) is 9.17. The molecule has 0 aliphatic heterocycles. The second-order valence-corrected chi connectivity index (χ2v) is 7.53. The van der Waals surface area contributed by atoms with E-state index in [-0.39, 0.29) is 0 Å². The van der Waals surface area contributed by atoms with Gasteiger partial charge in [0.2, 0.25) is 0 Å². The van der Waals surface area contributed by atoms with Gasteiger partial charge in [-0.1, -0.05) is 76.1 Å². The van der Waals surface area contributed by atoms with Gasteiger partial charge in [0.25, 0.3) is 0 Å². The first-order chi connectivity index (χ1) is 14.7. The lowest BCUT2D eigenvalue weighted by atomic mass is 9.91. The van der Waals surface area contributed by atoms with Gasteiger partial charge in [-0.3, -0.25) is 0 Å². The van der Waals surface area contributed by atoms with Gasteiger partial charge in [-0.05, 0) is 80.1 Å². The molecule has 0 rings (SSSR count). The van der Waals surface area contributed by atoms with Crippen LogP contribution in [0.3, 0.4) is 0 Å². The summed E-state index contributed by atoms with van der Waals surface area (Å²) in [5.41, 5.74) is 9.10. The average molecular weight is 418 g/mol. The van der Waals surface area contributed by atoms with Crippen LogP contribution in [0.1, 0.15) is 60.8 Å². The Kier molecular flexibility index (Phi) is 13.7. The lowest BCUT2D eigenvalue weighted by Crippen LogP contribution is -2.14. The van der Waals surface area contributed by atoms with Crippen molar-refractivity contribution in [2.24, 2.45) is 0 Å². The fourth-order valence-electron chi connectivity index (χ4n) is 3.30. The number of nitrogens with zero attached hydrogens (tertiary/aromatic N) is 1. The summed E-state index contributed by atoms with van der Waals surface area (Å²) in [5.74, 6) is 0. The van der Waals surface area contributed by atoms with E-state index in [1.807, 2.05) is 31.0 Å². The van der Waals surface area contributed by atoms with Gasteiger partial charge >= 0.3 is 0 Å². The van der Waals surface area contributed by atoms with Crippen LogP contribution in [-0.4, -0.2) is 11.9 Å². The first-order valence-corrected chi connectivity index (χ1v) is 11.2. The summed E-state index contributed by atoms with van der Waals surface area (Å²) in [6.07, 6.45) is 19.6. The van der Waals surface area contributed by atoms with Crippen LogP contribution >= 0.6 is 0 Å². The van der Waals surface area contributed by atoms with E-state index in [2.05, 4.69) is 97.4 Å². The molecule has 1 heteroatoms. The summed E-state index contributed by atoms with van der Waals surface area (Å²) in [7, 11) is 2.00. The molecule has 0 fully saturated rings. The highest BCUT2D eigenvalue weighted by atomic mass is 15.1. The lowest BCUT2D eigenvalue weighted by Gasteiger charge is -2.23. The Bertz CT molecular complexity index is 847. The van der Waals surface area contributed by atoms with Gasteiger partial charge in [0.15, 0.2) is 0 Å². The van der Waals surface area contributed by atoms with E-state index in [4.69, 9.17) is 0 Å². The number of hydrogen-bond acceptors (Lipinski definition) is 1. The third-order valence-corrected chi connectivity index (χ3v) is 5.28. The molecule has 0 N–H and O–H groups in total. The van der Waals surface area contributed by atoms with Crippen molar-refractivity contribution in [1.82, 2.24) is 4.90 Å². The molecule has 0 aromatic heterocycles. The minimum absolute atomic E-state index is 0.728. The van der Waals surface area contributed by atoms with Crippen molar-refractivity contribution in [2.75, 3.05) is 7.05 Å². The molecule has 0 aliphatic carbocycles. The molecule has 0 saturated heterocycles. The zero-order valence-electron chi connectivity index (χ0n) is 21.0. The van der Waals surface area contributed by atoms with Crippen molar-refractivity contribution < 1.29 is 0 Å². The molecule has 0 heterocycles. The number of rotatable bonds is 13. The SMILES string of the molecule is C=CCC(=C)N(C)C(=C)/C=C(/C=C(C)/C(C=C)=C(/C=C\C)CC)C(=C/CC)\C(C)=C\C. The largest absolute Gasteiger partial charge is 0.349 e. The molecular weight excluding hydrogens is 374 g/mol. The maximum absolute atomic E-state index is 4.31. The van der Waals surface area contributed by atoms with Crippen molar-refractivity contribution in [3.8, 4) is 0 Å². The van der Waals surface area contributed by atoms with Gasteiger partial charge in [0.1, 0.15) is 0 Å². The first-order valence-electron chi connectivity index (χ1n) is 11.2. The Labute approximate surface area is 192 Å². The summed E-state index contributed by atoms with van der Waals surface area (Å²) in [6.45, 7) is 29.2. The monoisotopic (exact) mass is 417 g/mol. The Morgan fingerprint density at radius 1 is 0.968 bits per heavy atom. The molecule has 0 bridgehead atoms. The third-order valence-electron chi connectivity index (χ3n) is 5.28. The lowest BCUT2D eigenvalue weighted by molar-refractivity contribution is 0.529. The van der Waals surface area contributed by atoms with Gasteiger partial charge < -0.3 is 4.90 Å². The average Bonchev–Trinajstić information content (AvgIpc) is 2.75. The van der Waals surface area contributed by atoms with Crippen molar-refractivity contribution in [3.63, 3.8) is 0 Å². The molecule has 0 spiro atoms. The number of allylic oxidation sites excluding steroid dienone is 14. The van der Waals surface area contributed by atoms with Crippen LogP contribution in [0.4, 0.5) is 0 Å². The van der Waals surface area contributed by atoms with Crippen molar-refractivity contribution >= 4 is 0 Å². The van der Waals surface area contributed by atoms with E-state index in [9.17, 15) is 0 Å². The van der Waals surface area contributed by atoms with Crippen LogP contribution in [0.2, 0.25) is 0 Å². The van der Waals surface area contributed by atoms with Gasteiger partial charge in [-0.15, -0.1) is 6.58 Å². The van der Waals surface area contributed by atoms with Gasteiger partial charge in [-0.25, -0.2) is 0 Å². The molecule has 0 amide bonds. The Morgan fingerprint density at radius 2 is 1.61 bits per heavy atom. The number of hydrogen-bond donors (Lipinski definition) is 0. The maximum atomic E-state index is 4.31. The minimum Gasteiger partial charge on any atom is -0.349 e. The van der Waals surface area contributed by atoms with Gasteiger partial charge in [-0.2, -0.15) is 0 Å². The topological polar surface area (TPSA) is 3.24 Å². The third kappa shape index (κ3) is 8.84. The van der Waals surface area contributed by atoms with Crippen LogP contribution in [0.15, 0.2) is 120 Å². The molecule has 0 radical (unpaired) electrons. The summed E-state index contributed by atoms with van der Waals surface area (Å²) in [4.78, 5) is 2.03. The second kappa shape index (κ2) is 15.1. The molecule has 0 saturated carbocycles. The summed E-state index contributed by atoms with van der Waals surface area (Å²) < 4.78 is 0. The van der Waals surface area contributed by atoms with Gasteiger partial charge in [0, 0.05) is 24.9 Å². The van der Waals surface area contributed by atoms with Crippen LogP contribution in [0.25, 0.3) is 0 Å². The van der Waals surface area contributed by atoms with E-state index in [0.29, 0.717) is 0 Å². The van der Waals surface area contributed by atoms with Gasteiger partial charge in [0.05, 0.1) is 0 Å². The van der Waals surface area contributed by atoms with Crippen LogP contribution in [-0.2, 0) is 0 Å². The van der Waals surface area contributed by atoms with E-state index in [1.54, 1.807) is 0 Å². The Hall–Kier alpha value is -2.80. The maximum Gasteiger partial charge on any atom is 0.0338 e. The smallest absolute Gasteiger partial charge is 0.0338 e. The highest BCUT2D eigenvalue weighted by Gasteiger charge is 2.11. The summed E-state index contributed by atoms with van der Waals surface area (Å²) in [5, 5.41) is 0. The summed E-state index contributed by atoms with van der Waals surface area (Å²) >= 11 is 0. The molecule has 0 aliphatic rings. The molecule has 31 heavy (non-hydrogen) atoms. The van der Waals surface area contributed by atoms with Crippen LogP contribution in [0, 0.1) is 0 Å². The van der Waals surface area contributed by atoms with Crippen LogP contribution in [0.5, 0.6) is 0 Å². The zero-order valence-corrected chi connectivity index (χ0v) is 21.0. The molecule has 0 unspecified atom stereocenters. The Morgan fingerprint density at radius 3 is 2.06 bits per heavy atom. The van der Waals surface area contributed by atoms with Crippen LogP contribution < -0.4 is 0 Å². The number of likely N-dealkylation sites (N-methyl/N-ethyl adjacent to an activating group) is 1. The molecule has 168 valence electrons. The summed E-state index contributed by atoms with van der Waals surface area (Å²) in [6, 6.07) is 0. The zero-order chi connectivity index (χ0) is 24.0. The first kappa shape index (κ1) is 28.2. The Balaban J connectivity index is 6.77. The quantitative estimate of drug-likeness (QED) is 0.213. The molecule has 1 nitrogen and oxygen atoms in total. The predicted molar refractivity (Wildman–Crippen MR) is 143 cm³/mol. The fraction of sp³-hybridized carbons (Fsp3) is 0.333. The normalized spacial score (nSPS) is 14.4. The fourth-order valence-corrected chi connectivity index (χ4v) is 3.30. The van der Waals surface area contributed by atoms with E-state index >= 15 is 0 Å². The van der Waals surface area contributed by atoms with Crippen molar-refractivity contribution in [2.45, 2.75) is 60.8 Å². The molecule has 0 aromatic rings. The molecule has 0 aromatic carbocycles. The van der Waals surface area contributed by atoms with Crippen molar-refractivity contribution in [1.29, 1.82) is 0 Å². The molecule has 0 atom stereocenters. The minimum atomic E-state index is 0.728. The van der Waals surface area contributed by atoms with E-state index in [1.165, 1.54) is 27.9 Å². The van der Waals surface area contributed by atoms with E-state index in [0.717, 1.165) is 36.2 Å². The highest BCUT2D eigenvalue weighted by Crippen LogP contribution is 2.28. The second-order valence-electron chi connectivity index (χ2n) is 7.53. The van der Waals surface area contributed by atoms with E-state index < -0.39 is 0 Å². The highest BCUT2D eigenvalue weighted by molar-refractivity contribution is 5.57. The van der Waals surface area contributed by atoms with Crippen molar-refractivity contribution in [3.05, 3.63) is 120 Å². The standard InChI is InChI=1S/C30H43N/c1-12-18-25(9)31(11)26(10)22-28(30(20-14-3)23(7)15-4)21-24(8)29(17-6)27(16-5)19-13-2/h12-13,15,17,19-22H,1,6,9-10,14,16,18H2,2-5,7-8,11H3/b19-13-,23-15+,24-21+,28-22-,29-27+,30-20-. The molecular formula is C30H43N.